The van der Waals surface area contributed by atoms with Gasteiger partial charge in [0.15, 0.2) is 6.10 Å². The molecule has 1 amide bonds. The van der Waals surface area contributed by atoms with Crippen LogP contribution in [-0.4, -0.2) is 49.7 Å². The molecule has 7 heteroatoms. The third-order valence-corrected chi connectivity index (χ3v) is 5.31. The summed E-state index contributed by atoms with van der Waals surface area (Å²) in [4.78, 5) is 12.1. The zero-order chi connectivity index (χ0) is 17.1. The second kappa shape index (κ2) is 7.76. The van der Waals surface area contributed by atoms with E-state index < -0.39 is 0 Å². The van der Waals surface area contributed by atoms with Crippen LogP contribution in [0.15, 0.2) is 22.8 Å². The Bertz CT molecular complexity index is 558. The zero-order valence-electron chi connectivity index (χ0n) is 14.3. The normalized spacial score (nSPS) is 32.5. The lowest BCUT2D eigenvalue weighted by molar-refractivity contribution is 0.00250. The highest BCUT2D eigenvalue weighted by atomic mass is 16.6. The number of ether oxygens (including phenoxy) is 3. The third-order valence-electron chi connectivity index (χ3n) is 5.31. The molecule has 4 atom stereocenters. The van der Waals surface area contributed by atoms with Crippen LogP contribution in [0.1, 0.15) is 37.9 Å². The number of amides is 1. The van der Waals surface area contributed by atoms with Crippen molar-refractivity contribution in [3.8, 4) is 0 Å². The molecule has 1 saturated carbocycles. The Hall–Kier alpha value is -1.57. The Balaban J connectivity index is 1.24. The topological polar surface area (TPSA) is 82.0 Å². The van der Waals surface area contributed by atoms with E-state index in [2.05, 4.69) is 10.6 Å². The molecule has 1 aromatic heterocycles. The summed E-state index contributed by atoms with van der Waals surface area (Å²) in [6.07, 6.45) is 6.35. The van der Waals surface area contributed by atoms with Gasteiger partial charge in [-0.2, -0.15) is 0 Å². The lowest BCUT2D eigenvalue weighted by Gasteiger charge is -2.24. The van der Waals surface area contributed by atoms with Gasteiger partial charge in [-0.1, -0.05) is 19.3 Å². The first-order valence-electron chi connectivity index (χ1n) is 9.26. The van der Waals surface area contributed by atoms with Crippen molar-refractivity contribution in [1.82, 2.24) is 10.6 Å². The van der Waals surface area contributed by atoms with E-state index in [0.717, 1.165) is 18.6 Å². The maximum atomic E-state index is 12.1. The van der Waals surface area contributed by atoms with Crippen molar-refractivity contribution in [3.63, 3.8) is 0 Å². The average Bonchev–Trinajstić information content (AvgIpc) is 3.33. The Kier molecular flexibility index (Phi) is 5.24. The number of alkyl carbamates (subject to hydrolysis) is 1. The van der Waals surface area contributed by atoms with E-state index in [1.165, 1.54) is 19.3 Å². The van der Waals surface area contributed by atoms with Crippen molar-refractivity contribution >= 4 is 6.09 Å². The summed E-state index contributed by atoms with van der Waals surface area (Å²) >= 11 is 0. The van der Waals surface area contributed by atoms with Gasteiger partial charge in [-0.05, 0) is 25.0 Å². The second-order valence-electron chi connectivity index (χ2n) is 7.09. The molecule has 7 nitrogen and oxygen atoms in total. The van der Waals surface area contributed by atoms with Crippen molar-refractivity contribution < 1.29 is 23.4 Å². The van der Waals surface area contributed by atoms with Crippen LogP contribution in [0.3, 0.4) is 0 Å². The fourth-order valence-corrected chi connectivity index (χ4v) is 3.97. The molecule has 2 saturated heterocycles. The van der Waals surface area contributed by atoms with Crippen LogP contribution in [0, 0.1) is 0 Å². The molecule has 1 aromatic rings. The maximum absolute atomic E-state index is 12.1. The molecule has 3 heterocycles. The Labute approximate surface area is 147 Å². The van der Waals surface area contributed by atoms with E-state index in [1.807, 2.05) is 12.1 Å². The van der Waals surface area contributed by atoms with Gasteiger partial charge >= 0.3 is 6.09 Å². The van der Waals surface area contributed by atoms with E-state index in [9.17, 15) is 4.79 Å². The minimum atomic E-state index is -0.350. The van der Waals surface area contributed by atoms with Crippen molar-refractivity contribution in [1.29, 1.82) is 0 Å². The van der Waals surface area contributed by atoms with Crippen molar-refractivity contribution in [3.05, 3.63) is 24.2 Å². The fraction of sp³-hybridized carbons (Fsp3) is 0.722. The number of rotatable bonds is 5. The number of carbonyl (C=O) groups is 1. The molecule has 0 bridgehead atoms. The first-order valence-corrected chi connectivity index (χ1v) is 9.26. The van der Waals surface area contributed by atoms with Crippen LogP contribution in [0.5, 0.6) is 0 Å². The Morgan fingerprint density at radius 2 is 2.00 bits per heavy atom. The Morgan fingerprint density at radius 3 is 2.80 bits per heavy atom. The van der Waals surface area contributed by atoms with Gasteiger partial charge in [0.1, 0.15) is 18.0 Å². The van der Waals surface area contributed by atoms with Gasteiger partial charge in [-0.15, -0.1) is 0 Å². The minimum absolute atomic E-state index is 0.0742. The molecule has 3 fully saturated rings. The summed E-state index contributed by atoms with van der Waals surface area (Å²) < 4.78 is 22.6. The predicted octanol–water partition coefficient (Wildman–Crippen LogP) is 1.96. The molecule has 2 N–H and O–H groups in total. The fourth-order valence-electron chi connectivity index (χ4n) is 3.97. The highest BCUT2D eigenvalue weighted by Crippen LogP contribution is 2.29. The van der Waals surface area contributed by atoms with E-state index >= 15 is 0 Å². The minimum Gasteiger partial charge on any atom is -0.468 e. The first-order chi connectivity index (χ1) is 12.3. The monoisotopic (exact) mass is 350 g/mol. The molecular formula is C18H26N2O5. The van der Waals surface area contributed by atoms with Gasteiger partial charge in [-0.25, -0.2) is 4.79 Å². The van der Waals surface area contributed by atoms with Crippen LogP contribution in [0.25, 0.3) is 0 Å². The molecule has 1 aliphatic carbocycles. The molecule has 0 aromatic carbocycles. The quantitative estimate of drug-likeness (QED) is 0.845. The summed E-state index contributed by atoms with van der Waals surface area (Å²) in [6.45, 7) is 1.55. The van der Waals surface area contributed by atoms with E-state index in [1.54, 1.807) is 6.26 Å². The molecule has 4 rings (SSSR count). The zero-order valence-corrected chi connectivity index (χ0v) is 14.3. The summed E-state index contributed by atoms with van der Waals surface area (Å²) in [5, 5.41) is 6.38. The summed E-state index contributed by atoms with van der Waals surface area (Å²) in [7, 11) is 0. The van der Waals surface area contributed by atoms with Crippen molar-refractivity contribution in [2.24, 2.45) is 0 Å². The standard InChI is InChI=1S/C18H26N2O5/c21-18(20-12-5-2-1-3-6-12)25-15-11-24-16-14(10-23-17(15)16)19-9-13-7-4-8-22-13/h4,7-8,12,14-17,19H,1-3,5-6,9-11H2,(H,20,21). The van der Waals surface area contributed by atoms with Crippen molar-refractivity contribution in [2.75, 3.05) is 13.2 Å². The van der Waals surface area contributed by atoms with E-state index in [-0.39, 0.29) is 36.5 Å². The van der Waals surface area contributed by atoms with Gasteiger partial charge < -0.3 is 29.3 Å². The van der Waals surface area contributed by atoms with Crippen molar-refractivity contribution in [2.45, 2.75) is 69.0 Å². The van der Waals surface area contributed by atoms with Gasteiger partial charge in [-0.3, -0.25) is 0 Å². The number of hydrogen-bond donors (Lipinski definition) is 2. The average molecular weight is 350 g/mol. The van der Waals surface area contributed by atoms with E-state index in [4.69, 9.17) is 18.6 Å². The van der Waals surface area contributed by atoms with Crippen LogP contribution in [-0.2, 0) is 20.8 Å². The van der Waals surface area contributed by atoms with E-state index in [0.29, 0.717) is 19.8 Å². The predicted molar refractivity (Wildman–Crippen MR) is 89.1 cm³/mol. The molecule has 0 spiro atoms. The summed E-state index contributed by atoms with van der Waals surface area (Å²) in [5.74, 6) is 0.876. The van der Waals surface area contributed by atoms with Crippen LogP contribution in [0.4, 0.5) is 4.79 Å². The number of furan rings is 1. The smallest absolute Gasteiger partial charge is 0.407 e. The molecule has 25 heavy (non-hydrogen) atoms. The number of carbonyl (C=O) groups excluding carboxylic acids is 1. The molecular weight excluding hydrogens is 324 g/mol. The highest BCUT2D eigenvalue weighted by molar-refractivity contribution is 5.68. The van der Waals surface area contributed by atoms with Gasteiger partial charge in [0.2, 0.25) is 0 Å². The molecule has 4 unspecified atom stereocenters. The van der Waals surface area contributed by atoms with Gasteiger partial charge in [0.25, 0.3) is 0 Å². The molecule has 2 aliphatic heterocycles. The highest BCUT2D eigenvalue weighted by Gasteiger charge is 2.49. The molecule has 3 aliphatic rings. The third kappa shape index (κ3) is 3.99. The summed E-state index contributed by atoms with van der Waals surface area (Å²) in [6, 6.07) is 4.11. The van der Waals surface area contributed by atoms with Crippen LogP contribution >= 0.6 is 0 Å². The molecule has 138 valence electrons. The molecule has 0 radical (unpaired) electrons. The lowest BCUT2D eigenvalue weighted by Crippen LogP contribution is -2.43. The SMILES string of the molecule is O=C(NC1CCCCC1)OC1COC2C(NCc3ccco3)COC12. The van der Waals surface area contributed by atoms with Gasteiger partial charge in [0, 0.05) is 6.04 Å². The Morgan fingerprint density at radius 1 is 1.16 bits per heavy atom. The van der Waals surface area contributed by atoms with Gasteiger partial charge in [0.05, 0.1) is 32.1 Å². The number of hydrogen-bond acceptors (Lipinski definition) is 6. The second-order valence-corrected chi connectivity index (χ2v) is 7.09. The maximum Gasteiger partial charge on any atom is 0.407 e. The number of fused-ring (bicyclic) bond motifs is 1. The number of nitrogens with one attached hydrogen (secondary N) is 2. The van der Waals surface area contributed by atoms with Crippen LogP contribution in [0.2, 0.25) is 0 Å². The summed E-state index contributed by atoms with van der Waals surface area (Å²) in [5.41, 5.74) is 0. The first kappa shape index (κ1) is 16.9. The lowest BCUT2D eigenvalue weighted by atomic mass is 9.96. The van der Waals surface area contributed by atoms with Crippen LogP contribution < -0.4 is 10.6 Å². The largest absolute Gasteiger partial charge is 0.468 e.